The molecular formula is C18H21ClF2N2O3. The van der Waals surface area contributed by atoms with Crippen LogP contribution in [0.4, 0.5) is 8.78 Å². The van der Waals surface area contributed by atoms with E-state index in [-0.39, 0.29) is 30.0 Å². The highest BCUT2D eigenvalue weighted by atomic mass is 35.5. The van der Waals surface area contributed by atoms with E-state index in [9.17, 15) is 23.8 Å². The summed E-state index contributed by atoms with van der Waals surface area (Å²) in [4.78, 5) is 15.6. The van der Waals surface area contributed by atoms with Crippen molar-refractivity contribution in [2.24, 2.45) is 0 Å². The van der Waals surface area contributed by atoms with Crippen LogP contribution in [0.15, 0.2) is 18.3 Å². The fourth-order valence-electron chi connectivity index (χ4n) is 3.32. The number of carbonyl (C=O) groups excluding carboxylic acids is 1. The Morgan fingerprint density at radius 2 is 2.04 bits per heavy atom. The van der Waals surface area contributed by atoms with Crippen molar-refractivity contribution < 1.29 is 23.8 Å². The first-order chi connectivity index (χ1) is 12.1. The minimum absolute atomic E-state index is 0.0796. The van der Waals surface area contributed by atoms with E-state index in [2.05, 4.69) is 10.3 Å². The zero-order chi connectivity index (χ0) is 19.1. The summed E-state index contributed by atoms with van der Waals surface area (Å²) in [6.45, 7) is 1.45. The number of halogens is 3. The maximum atomic E-state index is 13.3. The Morgan fingerprint density at radius 3 is 2.65 bits per heavy atom. The van der Waals surface area contributed by atoms with Gasteiger partial charge >= 0.3 is 0 Å². The predicted octanol–water partition coefficient (Wildman–Crippen LogP) is 3.54. The maximum absolute atomic E-state index is 13.3. The van der Waals surface area contributed by atoms with E-state index in [4.69, 9.17) is 11.6 Å². The molecule has 1 amide bonds. The Balaban J connectivity index is 1.79. The van der Waals surface area contributed by atoms with E-state index in [0.717, 1.165) is 0 Å². The normalized spacial score (nSPS) is 20.1. The van der Waals surface area contributed by atoms with Crippen LogP contribution in [0.25, 0.3) is 10.9 Å². The minimum atomic E-state index is -2.76. The molecule has 8 heteroatoms. The van der Waals surface area contributed by atoms with Gasteiger partial charge in [0.15, 0.2) is 0 Å². The van der Waals surface area contributed by atoms with Gasteiger partial charge in [-0.05, 0) is 31.9 Å². The summed E-state index contributed by atoms with van der Waals surface area (Å²) in [6.07, 6.45) is -0.115. The van der Waals surface area contributed by atoms with Gasteiger partial charge in [-0.3, -0.25) is 4.79 Å². The van der Waals surface area contributed by atoms with Crippen LogP contribution in [0.2, 0.25) is 5.02 Å². The standard InChI is InChI=1S/C18H21ClF2N2O3/c1-10(24)12-8-13(14(19)11-2-7-22-15(11)12)16(25)23-9-17(26)3-5-18(20,21)6-4-17/h2,7-8,10,22,24,26H,3-6,9H2,1H3,(H,23,25)/t10-/m1/s1. The molecule has 0 saturated heterocycles. The number of H-pyrrole nitrogens is 1. The first-order valence-corrected chi connectivity index (χ1v) is 8.86. The summed E-state index contributed by atoms with van der Waals surface area (Å²) in [7, 11) is 0. The highest BCUT2D eigenvalue weighted by Gasteiger charge is 2.42. The number of hydrogen-bond acceptors (Lipinski definition) is 3. The number of rotatable bonds is 4. The Labute approximate surface area is 154 Å². The third kappa shape index (κ3) is 3.70. The number of alkyl halides is 2. The largest absolute Gasteiger partial charge is 0.389 e. The van der Waals surface area contributed by atoms with Crippen LogP contribution in [-0.2, 0) is 0 Å². The summed E-state index contributed by atoms with van der Waals surface area (Å²) in [6, 6.07) is 3.21. The fraction of sp³-hybridized carbons (Fsp3) is 0.500. The molecule has 26 heavy (non-hydrogen) atoms. The lowest BCUT2D eigenvalue weighted by Crippen LogP contribution is -2.47. The molecule has 4 N–H and O–H groups in total. The second kappa shape index (κ2) is 6.79. The Kier molecular flexibility index (Phi) is 4.98. The van der Waals surface area contributed by atoms with Crippen molar-refractivity contribution in [3.05, 3.63) is 34.5 Å². The molecule has 142 valence electrons. The third-order valence-corrected chi connectivity index (χ3v) is 5.40. The molecule has 0 aliphatic heterocycles. The topological polar surface area (TPSA) is 85.3 Å². The molecule has 1 aromatic carbocycles. The Bertz CT molecular complexity index is 825. The lowest BCUT2D eigenvalue weighted by molar-refractivity contribution is -0.101. The van der Waals surface area contributed by atoms with Crippen LogP contribution < -0.4 is 5.32 Å². The lowest BCUT2D eigenvalue weighted by atomic mass is 9.82. The molecule has 0 spiro atoms. The van der Waals surface area contributed by atoms with Crippen LogP contribution >= 0.6 is 11.6 Å². The third-order valence-electron chi connectivity index (χ3n) is 4.99. The van der Waals surface area contributed by atoms with Crippen LogP contribution in [0.5, 0.6) is 0 Å². The second-order valence-electron chi connectivity index (χ2n) is 7.03. The van der Waals surface area contributed by atoms with Gasteiger partial charge in [0.2, 0.25) is 5.92 Å². The minimum Gasteiger partial charge on any atom is -0.389 e. The molecule has 1 heterocycles. The second-order valence-corrected chi connectivity index (χ2v) is 7.41. The lowest BCUT2D eigenvalue weighted by Gasteiger charge is -2.35. The van der Waals surface area contributed by atoms with Crippen LogP contribution in [0.3, 0.4) is 0 Å². The molecule has 0 bridgehead atoms. The van der Waals surface area contributed by atoms with Crippen molar-refractivity contribution in [1.29, 1.82) is 0 Å². The molecule has 1 saturated carbocycles. The van der Waals surface area contributed by atoms with Gasteiger partial charge < -0.3 is 20.5 Å². The number of hydrogen-bond donors (Lipinski definition) is 4. The summed E-state index contributed by atoms with van der Waals surface area (Å²) < 4.78 is 26.5. The van der Waals surface area contributed by atoms with Gasteiger partial charge in [-0.2, -0.15) is 0 Å². The van der Waals surface area contributed by atoms with Crippen LogP contribution in [0, 0.1) is 0 Å². The van der Waals surface area contributed by atoms with Crippen molar-refractivity contribution in [1.82, 2.24) is 10.3 Å². The van der Waals surface area contributed by atoms with Crippen molar-refractivity contribution in [2.45, 2.75) is 50.2 Å². The first-order valence-electron chi connectivity index (χ1n) is 8.48. The number of carbonyl (C=O) groups is 1. The summed E-state index contributed by atoms with van der Waals surface area (Å²) in [5, 5.41) is 23.8. The number of aromatic amines is 1. The highest BCUT2D eigenvalue weighted by molar-refractivity contribution is 6.38. The summed E-state index contributed by atoms with van der Waals surface area (Å²) >= 11 is 6.32. The number of benzene rings is 1. The van der Waals surface area contributed by atoms with Gasteiger partial charge in [-0.15, -0.1) is 0 Å². The summed E-state index contributed by atoms with van der Waals surface area (Å²) in [5.74, 6) is -3.28. The van der Waals surface area contributed by atoms with E-state index in [1.807, 2.05) is 0 Å². The average Bonchev–Trinajstić information content (AvgIpc) is 3.06. The SMILES string of the molecule is C[C@@H](O)c1cc(C(=O)NCC2(O)CCC(F)(F)CC2)c(Cl)c2cc[nH]c12. The molecule has 5 nitrogen and oxygen atoms in total. The molecule has 1 aromatic heterocycles. The van der Waals surface area contributed by atoms with Crippen molar-refractivity contribution in [3.63, 3.8) is 0 Å². The van der Waals surface area contributed by atoms with Gasteiger partial charge in [0.25, 0.3) is 5.91 Å². The van der Waals surface area contributed by atoms with E-state index in [0.29, 0.717) is 16.5 Å². The maximum Gasteiger partial charge on any atom is 0.252 e. The van der Waals surface area contributed by atoms with Crippen LogP contribution in [-0.4, -0.2) is 39.2 Å². The highest BCUT2D eigenvalue weighted by Crippen LogP contribution is 2.38. The first kappa shape index (κ1) is 19.1. The molecule has 1 aliphatic carbocycles. The van der Waals surface area contributed by atoms with Gasteiger partial charge in [0, 0.05) is 36.5 Å². The summed E-state index contributed by atoms with van der Waals surface area (Å²) in [5.41, 5.74) is -0.0144. The van der Waals surface area contributed by atoms with E-state index < -0.39 is 36.4 Å². The quantitative estimate of drug-likeness (QED) is 0.648. The van der Waals surface area contributed by atoms with Gasteiger partial charge in [0.05, 0.1) is 27.8 Å². The van der Waals surface area contributed by atoms with Gasteiger partial charge in [0.1, 0.15) is 0 Å². The molecule has 0 unspecified atom stereocenters. The van der Waals surface area contributed by atoms with E-state index in [1.54, 1.807) is 19.2 Å². The molecule has 1 aliphatic rings. The number of aliphatic hydroxyl groups excluding tert-OH is 1. The predicted molar refractivity (Wildman–Crippen MR) is 94.6 cm³/mol. The number of aromatic nitrogens is 1. The smallest absolute Gasteiger partial charge is 0.252 e. The number of fused-ring (bicyclic) bond motifs is 1. The van der Waals surface area contributed by atoms with Crippen molar-refractivity contribution in [2.75, 3.05) is 6.54 Å². The number of nitrogens with one attached hydrogen (secondary N) is 2. The molecule has 1 atom stereocenters. The monoisotopic (exact) mass is 386 g/mol. The zero-order valence-electron chi connectivity index (χ0n) is 14.3. The average molecular weight is 387 g/mol. The van der Waals surface area contributed by atoms with E-state index >= 15 is 0 Å². The van der Waals surface area contributed by atoms with Crippen molar-refractivity contribution >= 4 is 28.4 Å². The van der Waals surface area contributed by atoms with Gasteiger partial charge in [-0.1, -0.05) is 11.6 Å². The molecule has 3 rings (SSSR count). The van der Waals surface area contributed by atoms with Gasteiger partial charge in [-0.25, -0.2) is 8.78 Å². The molecule has 1 fully saturated rings. The van der Waals surface area contributed by atoms with Crippen LogP contribution in [0.1, 0.15) is 54.6 Å². The molecule has 2 aromatic rings. The zero-order valence-corrected chi connectivity index (χ0v) is 15.0. The number of amides is 1. The Morgan fingerprint density at radius 1 is 1.38 bits per heavy atom. The van der Waals surface area contributed by atoms with E-state index in [1.165, 1.54) is 6.07 Å². The van der Waals surface area contributed by atoms with Crippen molar-refractivity contribution in [3.8, 4) is 0 Å². The Hall–Kier alpha value is -1.70. The fourth-order valence-corrected chi connectivity index (χ4v) is 3.62. The number of aliphatic hydroxyl groups is 2. The molecular weight excluding hydrogens is 366 g/mol. The molecule has 0 radical (unpaired) electrons.